The first-order chi connectivity index (χ1) is 22.7. The van der Waals surface area contributed by atoms with Crippen molar-refractivity contribution in [3.63, 3.8) is 0 Å². The summed E-state index contributed by atoms with van der Waals surface area (Å²) in [5.41, 5.74) is 3.01. The van der Waals surface area contributed by atoms with Gasteiger partial charge in [-0.05, 0) is 75.7 Å². The number of likely N-dealkylation sites (N-methyl/N-ethyl adjacent to an activating group) is 1. The number of halogens is 2. The number of para-hydroxylation sites is 1. The number of hydrogen-bond donors (Lipinski definition) is 2. The van der Waals surface area contributed by atoms with Gasteiger partial charge in [0, 0.05) is 47.4 Å². The van der Waals surface area contributed by atoms with Gasteiger partial charge in [0.05, 0.1) is 35.0 Å². The van der Waals surface area contributed by atoms with E-state index in [-0.39, 0.29) is 29.0 Å². The van der Waals surface area contributed by atoms with Crippen molar-refractivity contribution in [2.75, 3.05) is 30.4 Å². The lowest BCUT2D eigenvalue weighted by Crippen LogP contribution is -2.38. The highest BCUT2D eigenvalue weighted by molar-refractivity contribution is 6.38. The van der Waals surface area contributed by atoms with Gasteiger partial charge in [-0.1, -0.05) is 53.5 Å². The van der Waals surface area contributed by atoms with Gasteiger partial charge in [0.25, 0.3) is 5.91 Å². The number of carbonyl (C=O) groups is 4. The molecule has 0 radical (unpaired) electrons. The third-order valence-electron chi connectivity index (χ3n) is 7.20. The van der Waals surface area contributed by atoms with Crippen LogP contribution in [0.1, 0.15) is 48.0 Å². The van der Waals surface area contributed by atoms with Gasteiger partial charge in [-0.25, -0.2) is 4.79 Å². The molecule has 4 amide bonds. The van der Waals surface area contributed by atoms with Crippen LogP contribution >= 0.6 is 23.2 Å². The lowest BCUT2D eigenvalue weighted by atomic mass is 10.1. The van der Waals surface area contributed by atoms with Crippen molar-refractivity contribution in [3.8, 4) is 0 Å². The molecular formula is C36H37Cl2N5O5. The zero-order chi connectivity index (χ0) is 35.2. The van der Waals surface area contributed by atoms with Crippen LogP contribution in [0.5, 0.6) is 0 Å². The number of aromatic nitrogens is 1. The summed E-state index contributed by atoms with van der Waals surface area (Å²) in [5.74, 6) is -1.14. The number of hydrogen-bond acceptors (Lipinski definition) is 6. The van der Waals surface area contributed by atoms with Crippen LogP contribution in [0.15, 0.2) is 72.8 Å². The van der Waals surface area contributed by atoms with Gasteiger partial charge in [0.1, 0.15) is 5.60 Å². The average Bonchev–Trinajstić information content (AvgIpc) is 3.05. The minimum atomic E-state index is -0.789. The maximum Gasteiger partial charge on any atom is 0.415 e. The predicted molar refractivity (Wildman–Crippen MR) is 191 cm³/mol. The number of aryl methyl sites for hydroxylation is 1. The van der Waals surface area contributed by atoms with E-state index in [0.717, 1.165) is 11.1 Å². The number of nitrogens with zero attached hydrogens (tertiary/aromatic N) is 3. The maximum absolute atomic E-state index is 13.7. The number of pyridine rings is 1. The predicted octanol–water partition coefficient (Wildman–Crippen LogP) is 6.94. The Morgan fingerprint density at radius 1 is 0.938 bits per heavy atom. The van der Waals surface area contributed by atoms with Gasteiger partial charge < -0.3 is 20.3 Å². The third-order valence-corrected chi connectivity index (χ3v) is 7.98. The molecule has 1 heterocycles. The second kappa shape index (κ2) is 15.3. The molecule has 0 bridgehead atoms. The Morgan fingerprint density at radius 2 is 1.65 bits per heavy atom. The minimum absolute atomic E-state index is 0.0805. The summed E-state index contributed by atoms with van der Waals surface area (Å²) in [5, 5.41) is 6.39. The van der Waals surface area contributed by atoms with Crippen molar-refractivity contribution < 1.29 is 23.9 Å². The summed E-state index contributed by atoms with van der Waals surface area (Å²) in [6.45, 7) is 6.80. The third kappa shape index (κ3) is 8.90. The van der Waals surface area contributed by atoms with Gasteiger partial charge >= 0.3 is 6.09 Å². The highest BCUT2D eigenvalue weighted by atomic mass is 35.5. The Morgan fingerprint density at radius 3 is 2.31 bits per heavy atom. The number of rotatable bonds is 9. The SMILES string of the molecule is CNC(=O)c1ccc(/C=C/C(=O)NCC(=O)N(C)c2ccc(Cl)c(CN(C(=O)OC(C)(C)C)c3cccc4ccc(C)nc34)c2Cl)cc1. The Labute approximate surface area is 289 Å². The number of anilines is 2. The second-order valence-corrected chi connectivity index (χ2v) is 12.7. The molecule has 0 saturated carbocycles. The molecule has 4 aromatic rings. The largest absolute Gasteiger partial charge is 0.443 e. The van der Waals surface area contributed by atoms with Crippen LogP contribution < -0.4 is 20.4 Å². The molecule has 1 aromatic heterocycles. The topological polar surface area (TPSA) is 121 Å². The number of benzene rings is 3. The Bertz CT molecular complexity index is 1890. The van der Waals surface area contributed by atoms with Crippen molar-refractivity contribution in [2.45, 2.75) is 39.8 Å². The smallest absolute Gasteiger partial charge is 0.415 e. The van der Waals surface area contributed by atoms with E-state index < -0.39 is 23.5 Å². The van der Waals surface area contributed by atoms with E-state index in [9.17, 15) is 19.2 Å². The minimum Gasteiger partial charge on any atom is -0.443 e. The first kappa shape index (κ1) is 35.9. The molecule has 0 spiro atoms. The molecule has 0 unspecified atom stereocenters. The van der Waals surface area contributed by atoms with Gasteiger partial charge in [-0.15, -0.1) is 0 Å². The van der Waals surface area contributed by atoms with E-state index in [1.54, 1.807) is 76.4 Å². The summed E-state index contributed by atoms with van der Waals surface area (Å²) in [4.78, 5) is 58.4. The summed E-state index contributed by atoms with van der Waals surface area (Å²) in [7, 11) is 3.07. The van der Waals surface area contributed by atoms with Crippen molar-refractivity contribution in [2.24, 2.45) is 0 Å². The van der Waals surface area contributed by atoms with Gasteiger partial charge in [0.2, 0.25) is 11.8 Å². The molecule has 0 aliphatic heterocycles. The van der Waals surface area contributed by atoms with Crippen LogP contribution in [-0.4, -0.2) is 55.0 Å². The normalized spacial score (nSPS) is 11.3. The Hall–Kier alpha value is -4.93. The van der Waals surface area contributed by atoms with Crippen molar-refractivity contribution in [1.29, 1.82) is 0 Å². The second-order valence-electron chi connectivity index (χ2n) is 11.9. The maximum atomic E-state index is 13.7. The zero-order valence-electron chi connectivity index (χ0n) is 27.6. The van der Waals surface area contributed by atoms with E-state index in [0.29, 0.717) is 33.6 Å². The number of fused-ring (bicyclic) bond motifs is 1. The van der Waals surface area contributed by atoms with E-state index in [4.69, 9.17) is 27.9 Å². The van der Waals surface area contributed by atoms with E-state index in [1.807, 2.05) is 31.2 Å². The van der Waals surface area contributed by atoms with E-state index in [2.05, 4.69) is 15.6 Å². The van der Waals surface area contributed by atoms with Crippen LogP contribution in [-0.2, 0) is 20.9 Å². The lowest BCUT2D eigenvalue weighted by Gasteiger charge is -2.29. The average molecular weight is 691 g/mol. The van der Waals surface area contributed by atoms with Crippen LogP contribution in [0.2, 0.25) is 10.0 Å². The Balaban J connectivity index is 1.54. The zero-order valence-corrected chi connectivity index (χ0v) is 29.1. The van der Waals surface area contributed by atoms with Gasteiger partial charge in [-0.2, -0.15) is 0 Å². The van der Waals surface area contributed by atoms with Crippen molar-refractivity contribution >= 4 is 75.4 Å². The monoisotopic (exact) mass is 689 g/mol. The molecule has 48 heavy (non-hydrogen) atoms. The van der Waals surface area contributed by atoms with Crippen LogP contribution in [0.25, 0.3) is 17.0 Å². The molecule has 0 saturated heterocycles. The van der Waals surface area contributed by atoms with Gasteiger partial charge in [-0.3, -0.25) is 24.3 Å². The molecule has 0 aliphatic carbocycles. The molecule has 0 aliphatic rings. The standard InChI is InChI=1S/C36H37Cl2N5O5/c1-22-10-14-24-8-7-9-29(33(24)41-22)43(35(47)48-36(2,3)4)21-26-27(37)17-18-28(32(26)38)42(6)31(45)20-40-30(44)19-13-23-11-15-25(16-12-23)34(46)39-5/h7-19H,20-21H2,1-6H3,(H,39,46)(H,40,44)/b19-13+. The molecule has 3 aromatic carbocycles. The molecule has 10 nitrogen and oxygen atoms in total. The molecule has 0 atom stereocenters. The summed E-state index contributed by atoms with van der Waals surface area (Å²) < 4.78 is 5.77. The molecule has 250 valence electrons. The quantitative estimate of drug-likeness (QED) is 0.184. The molecular weight excluding hydrogens is 653 g/mol. The molecule has 2 N–H and O–H groups in total. The number of carbonyl (C=O) groups excluding carboxylic acids is 4. The Kier molecular flexibility index (Phi) is 11.5. The van der Waals surface area contributed by atoms with E-state index >= 15 is 0 Å². The lowest BCUT2D eigenvalue weighted by molar-refractivity contribution is -0.122. The number of nitrogens with one attached hydrogen (secondary N) is 2. The van der Waals surface area contributed by atoms with Crippen LogP contribution in [0, 0.1) is 6.92 Å². The molecule has 4 rings (SSSR count). The number of amides is 4. The van der Waals surface area contributed by atoms with E-state index in [1.165, 1.54) is 22.9 Å². The summed E-state index contributed by atoms with van der Waals surface area (Å²) >= 11 is 13.5. The highest BCUT2D eigenvalue weighted by Gasteiger charge is 2.28. The summed E-state index contributed by atoms with van der Waals surface area (Å²) in [6.07, 6.45) is 2.24. The van der Waals surface area contributed by atoms with Crippen LogP contribution in [0.4, 0.5) is 16.2 Å². The van der Waals surface area contributed by atoms with Crippen molar-refractivity contribution in [3.05, 3.63) is 105 Å². The molecule has 0 fully saturated rings. The van der Waals surface area contributed by atoms with Gasteiger partial charge in [0.15, 0.2) is 0 Å². The highest BCUT2D eigenvalue weighted by Crippen LogP contribution is 2.37. The number of ether oxygens (including phenoxy) is 1. The van der Waals surface area contributed by atoms with Crippen molar-refractivity contribution in [1.82, 2.24) is 15.6 Å². The first-order valence-corrected chi connectivity index (χ1v) is 15.8. The van der Waals surface area contributed by atoms with Crippen LogP contribution in [0.3, 0.4) is 0 Å². The summed E-state index contributed by atoms with van der Waals surface area (Å²) in [6, 6.07) is 19.2. The first-order valence-electron chi connectivity index (χ1n) is 15.1. The fourth-order valence-electron chi connectivity index (χ4n) is 4.70. The fourth-order valence-corrected chi connectivity index (χ4v) is 5.31. The fraction of sp³-hybridized carbons (Fsp3) is 0.250. The molecule has 12 heteroatoms.